The third kappa shape index (κ3) is 35.9. The van der Waals surface area contributed by atoms with E-state index < -0.39 is 259 Å². The first-order valence-electron chi connectivity index (χ1n) is 45.2. The van der Waals surface area contributed by atoms with Crippen LogP contribution in [0, 0.1) is 35.5 Å². The molecule has 0 aliphatic carbocycles. The Labute approximate surface area is 783 Å². The topological polar surface area (TPSA) is 702 Å². The second-order valence-corrected chi connectivity index (χ2v) is 35.9. The molecule has 2 aliphatic rings. The van der Waals surface area contributed by atoms with Gasteiger partial charge in [0.15, 0.2) is 0 Å². The fraction of sp³-hybridized carbons (Fsp3) is 0.644. The molecule has 744 valence electrons. The number of phenolic OH excluding ortho intramolecular Hbond substituents is 1. The van der Waals surface area contributed by atoms with Crippen LogP contribution in [0.15, 0.2) is 49.3 Å². The van der Waals surface area contributed by atoms with Crippen LogP contribution in [0.25, 0.3) is 0 Å². The monoisotopic (exact) mass is 1900 g/mol. The Morgan fingerprint density at radius 1 is 0.455 bits per heavy atom. The van der Waals surface area contributed by atoms with E-state index in [-0.39, 0.29) is 107 Å². The van der Waals surface area contributed by atoms with Crippen molar-refractivity contribution in [2.45, 2.75) is 277 Å². The number of aromatic amines is 2. The van der Waals surface area contributed by atoms with E-state index in [2.05, 4.69) is 112 Å². The Hall–Kier alpha value is -12.4. The number of likely N-dealkylation sites (tertiary alicyclic amines) is 2. The van der Waals surface area contributed by atoms with E-state index in [0.717, 1.165) is 0 Å². The Balaban J connectivity index is 1.33. The predicted octanol–water partition coefficient (Wildman–Crippen LogP) is -5.12. The summed E-state index contributed by atoms with van der Waals surface area (Å²) < 4.78 is 0. The van der Waals surface area contributed by atoms with Crippen molar-refractivity contribution in [3.8, 4) is 5.75 Å². The lowest BCUT2D eigenvalue weighted by Crippen LogP contribution is -2.62. The maximum atomic E-state index is 15.0. The van der Waals surface area contributed by atoms with Gasteiger partial charge in [-0.1, -0.05) is 108 Å². The molecule has 2 saturated heterocycles. The first-order valence-corrected chi connectivity index (χ1v) is 45.8. The minimum atomic E-state index is -1.69. The van der Waals surface area contributed by atoms with Gasteiger partial charge in [-0.25, -0.2) is 14.8 Å². The molecule has 2 fully saturated rings. The van der Waals surface area contributed by atoms with Crippen molar-refractivity contribution in [2.75, 3.05) is 45.1 Å². The molecule has 5 rings (SSSR count). The minimum absolute atomic E-state index is 0.0115. The molecule has 1 unspecified atom stereocenters. The van der Waals surface area contributed by atoms with Crippen molar-refractivity contribution in [2.24, 2.45) is 47.0 Å². The minimum Gasteiger partial charge on any atom is -0.508 e. The smallest absolute Gasteiger partial charge is 0.326 e. The highest BCUT2D eigenvalue weighted by atomic mass is 32.1. The molecule has 47 heteroatoms. The summed E-state index contributed by atoms with van der Waals surface area (Å²) in [6.07, 6.45) is 5.14. The summed E-state index contributed by atoms with van der Waals surface area (Å²) in [5.41, 5.74) is 12.1. The van der Waals surface area contributed by atoms with Gasteiger partial charge >= 0.3 is 5.97 Å². The van der Waals surface area contributed by atoms with Gasteiger partial charge < -0.3 is 131 Å². The van der Waals surface area contributed by atoms with Crippen molar-refractivity contribution in [3.05, 3.63) is 66.3 Å². The number of nitrogens with two attached hydrogens (primary N) is 2. The van der Waals surface area contributed by atoms with Gasteiger partial charge in [0.05, 0.1) is 39.0 Å². The van der Waals surface area contributed by atoms with Crippen LogP contribution in [0.3, 0.4) is 0 Å². The Morgan fingerprint density at radius 3 is 1.33 bits per heavy atom. The lowest BCUT2D eigenvalue weighted by atomic mass is 9.96. The summed E-state index contributed by atoms with van der Waals surface area (Å²) in [5, 5.41) is 78.1. The summed E-state index contributed by atoms with van der Waals surface area (Å²) in [5.74, 6) is -19.8. The molecule has 4 heterocycles. The molecule has 134 heavy (non-hydrogen) atoms. The number of carboxylic acids is 1. The fourth-order valence-corrected chi connectivity index (χ4v) is 15.1. The number of aliphatic hydroxyl groups excluding tert-OH is 2. The second kappa shape index (κ2) is 55.3. The average Bonchev–Trinajstić information content (AvgIpc) is 0.897. The molecular formula is C87H137N23O23S. The summed E-state index contributed by atoms with van der Waals surface area (Å²) >= 11 is 4.14. The second-order valence-electron chi connectivity index (χ2n) is 35.5. The number of benzene rings is 1. The van der Waals surface area contributed by atoms with Gasteiger partial charge in [-0.15, -0.1) is 0 Å². The number of imidazole rings is 2. The van der Waals surface area contributed by atoms with E-state index in [1.807, 2.05) is 0 Å². The number of thiol groups is 1. The largest absolute Gasteiger partial charge is 0.508 e. The lowest BCUT2D eigenvalue weighted by molar-refractivity contribution is -0.143. The van der Waals surface area contributed by atoms with E-state index in [4.69, 9.17) is 11.5 Å². The van der Waals surface area contributed by atoms with Crippen LogP contribution in [0.5, 0.6) is 5.75 Å². The van der Waals surface area contributed by atoms with Crippen molar-refractivity contribution in [1.82, 2.24) is 109 Å². The highest BCUT2D eigenvalue weighted by molar-refractivity contribution is 7.80. The zero-order valence-electron chi connectivity index (χ0n) is 78.1. The van der Waals surface area contributed by atoms with Crippen LogP contribution >= 0.6 is 12.6 Å². The molecule has 0 spiro atoms. The van der Waals surface area contributed by atoms with Gasteiger partial charge in [-0.2, -0.15) is 12.6 Å². The predicted molar refractivity (Wildman–Crippen MR) is 487 cm³/mol. The van der Waals surface area contributed by atoms with Gasteiger partial charge in [0.25, 0.3) is 0 Å². The normalized spacial score (nSPS) is 17.2. The summed E-state index contributed by atoms with van der Waals surface area (Å²) in [4.78, 5) is 280. The van der Waals surface area contributed by atoms with Crippen LogP contribution in [-0.2, 0) is 110 Å². The van der Waals surface area contributed by atoms with E-state index in [1.54, 1.807) is 83.1 Å². The van der Waals surface area contributed by atoms with Crippen LogP contribution in [0.2, 0.25) is 0 Å². The van der Waals surface area contributed by atoms with Crippen LogP contribution in [0.1, 0.15) is 178 Å². The molecule has 25 N–H and O–H groups in total. The molecule has 0 bridgehead atoms. The third-order valence-corrected chi connectivity index (χ3v) is 23.2. The number of rotatable bonds is 56. The number of nitrogens with zero attached hydrogens (tertiary/aromatic N) is 4. The first-order chi connectivity index (χ1) is 63.2. The summed E-state index contributed by atoms with van der Waals surface area (Å²) in [6, 6.07) is -17.0. The van der Waals surface area contributed by atoms with E-state index >= 15 is 0 Å². The van der Waals surface area contributed by atoms with Crippen LogP contribution in [0.4, 0.5) is 0 Å². The Bertz CT molecular complexity index is 4490. The number of phenols is 1. The van der Waals surface area contributed by atoms with Crippen LogP contribution < -0.4 is 91.2 Å². The number of hydrogen-bond acceptors (Lipinski definition) is 26. The number of nitrogens with one attached hydrogen (secondary N) is 17. The number of carboxylic acid groups (broad SMARTS) is 1. The molecule has 18 amide bonds. The van der Waals surface area contributed by atoms with E-state index in [9.17, 15) is 112 Å². The SMILES string of the molecule is CC[C@H](C)[C@H](NC(=O)C(CO)NC(=O)[C@@H]1CCCN1C(=O)[C@H](CC(C)C)NC(=O)[C@H](Cc1ccc(O)cc1)NC(=O)[C@H](C)NC(=O)[C@H](Cc1cnc[nH]1)NC(=O)[C@H](Cc1cnc[nH]1)NC(=O)[C@H](CC(C)C)NC(=O)[C@@H](NC(=O)[C@@H]1CCCN1C(=O)[C@H](CC(C)C)NC(=O)[C@H](CCC(N)=O)NC(=O)[C@H](CS)NC(=O)[C@@H](N)CO)[C@@H](C)CC)C(=O)NCC(=O)NCC(=O)N[C@H](C(=O)O)C(C)C. The number of carbonyl (C=O) groups is 19. The molecule has 2 aliphatic heterocycles. The zero-order chi connectivity index (χ0) is 100. The molecule has 1 aromatic carbocycles. The summed E-state index contributed by atoms with van der Waals surface area (Å²) in [6.45, 7) is 18.8. The highest BCUT2D eigenvalue weighted by Gasteiger charge is 2.45. The number of hydrogen-bond donors (Lipinski definition) is 24. The number of amides is 18. The molecule has 18 atom stereocenters. The lowest BCUT2D eigenvalue weighted by Gasteiger charge is -2.32. The zero-order valence-corrected chi connectivity index (χ0v) is 79.0. The standard InChI is InChI=1S/C87H137N23O23S/c1-14-47(11)70(83(128)93-36-67(115)92-37-68(116)106-69(46(9)10)87(132)133)107-79(124)62(39-112)104-81(126)64-18-16-26-109(64)86(131)61(30-45(7)8)103-77(122)57(31-50-20-22-53(113)23-21-50)98-72(117)49(13)96-75(120)58(32-51-34-90-41-94-51)99-78(123)59(33-52-35-91-42-95-52)100-76(121)56(28-43(3)4)101-84(129)71(48(12)15-2)108-82(127)65-19-17-27-110(65)85(130)60(29-44(5)6)102-74(119)55(24-25-66(89)114)97-80(125)63(40-134)105-73(118)54(88)38-111/h20-23,34-35,41-49,54-65,69-71,111-113,134H,14-19,24-33,36-40,88H2,1-13H3,(H2,89,114)(H,90,94)(H,91,95)(H,92,115)(H,93,128)(H,96,120)(H,97,125)(H,98,117)(H,99,123)(H,100,121)(H,101,129)(H,102,119)(H,103,122)(H,104,126)(H,105,118)(H,106,116)(H,107,124)(H,108,127)(H,132,133)/t47-,48-,49-,54-,55-,56-,57-,58-,59-,60-,61-,62?,63-,64-,65-,69-,70-,71-/m0/s1. The first kappa shape index (κ1) is 112. The van der Waals surface area contributed by atoms with Crippen molar-refractivity contribution >= 4 is 125 Å². The van der Waals surface area contributed by atoms with Crippen molar-refractivity contribution in [1.29, 1.82) is 0 Å². The molecule has 0 saturated carbocycles. The number of aromatic hydroxyl groups is 1. The van der Waals surface area contributed by atoms with Crippen molar-refractivity contribution < 1.29 is 112 Å². The summed E-state index contributed by atoms with van der Waals surface area (Å²) in [7, 11) is 0. The number of carbonyl (C=O) groups excluding carboxylic acids is 18. The van der Waals surface area contributed by atoms with E-state index in [1.165, 1.54) is 66.0 Å². The van der Waals surface area contributed by atoms with Crippen molar-refractivity contribution in [3.63, 3.8) is 0 Å². The fourth-order valence-electron chi connectivity index (χ4n) is 14.9. The van der Waals surface area contributed by atoms with Gasteiger partial charge in [-0.3, -0.25) is 86.3 Å². The molecule has 2 aromatic heterocycles. The number of primary amides is 1. The number of aliphatic hydroxyl groups is 2. The molecule has 0 radical (unpaired) electrons. The quantitative estimate of drug-likeness (QED) is 0.0235. The Kier molecular flexibility index (Phi) is 46.3. The number of aliphatic carboxylic acids is 1. The Morgan fingerprint density at radius 2 is 0.873 bits per heavy atom. The maximum Gasteiger partial charge on any atom is 0.326 e. The molecule has 3 aromatic rings. The third-order valence-electron chi connectivity index (χ3n) is 22.8. The molecular weight excluding hydrogens is 1770 g/mol. The number of H-pyrrole nitrogens is 2. The van der Waals surface area contributed by atoms with E-state index in [0.29, 0.717) is 36.2 Å². The average molecular weight is 1910 g/mol. The van der Waals surface area contributed by atoms with Gasteiger partial charge in [0, 0.05) is 68.3 Å². The number of aromatic nitrogens is 4. The maximum absolute atomic E-state index is 15.0. The highest BCUT2D eigenvalue weighted by Crippen LogP contribution is 2.25. The molecule has 46 nitrogen and oxygen atoms in total. The van der Waals surface area contributed by atoms with Crippen LogP contribution in [-0.4, -0.2) is 304 Å². The van der Waals surface area contributed by atoms with Gasteiger partial charge in [-0.05, 0) is 111 Å². The van der Waals surface area contributed by atoms with Gasteiger partial charge in [0.1, 0.15) is 102 Å². The van der Waals surface area contributed by atoms with Gasteiger partial charge in [0.2, 0.25) is 106 Å².